The van der Waals surface area contributed by atoms with Crippen molar-refractivity contribution in [3.63, 3.8) is 0 Å². The molecule has 4 rings (SSSR count). The van der Waals surface area contributed by atoms with Crippen LogP contribution in [0.3, 0.4) is 0 Å². The molecule has 0 bridgehead atoms. The van der Waals surface area contributed by atoms with Gasteiger partial charge in [-0.25, -0.2) is 9.37 Å². The molecule has 116 valence electrons. The molecule has 5 heteroatoms. The number of imidazole rings is 1. The number of hydrogen-bond acceptors (Lipinski definition) is 2. The van der Waals surface area contributed by atoms with E-state index >= 15 is 0 Å². The van der Waals surface area contributed by atoms with E-state index in [1.807, 2.05) is 0 Å². The Morgan fingerprint density at radius 3 is 2.61 bits per heavy atom. The van der Waals surface area contributed by atoms with Crippen molar-refractivity contribution in [3.8, 4) is 0 Å². The maximum atomic E-state index is 13.7. The summed E-state index contributed by atoms with van der Waals surface area (Å²) >= 11 is 0. The standard InChI is InChI=1S/C18H16FN3O/c1-18(2,3)17-20-15-11-5-4-10(19)8-13(11)14-9-22(23)7-6-12(14)16(15)21-17/h4-9H,1-3H3,(H,20,21). The second kappa shape index (κ2) is 4.41. The molecule has 0 aliphatic rings. The van der Waals surface area contributed by atoms with Gasteiger partial charge in [-0.15, -0.1) is 0 Å². The lowest BCUT2D eigenvalue weighted by Crippen LogP contribution is -2.23. The number of benzene rings is 2. The molecule has 1 N–H and O–H groups in total. The first-order chi connectivity index (χ1) is 10.8. The number of halogens is 1. The van der Waals surface area contributed by atoms with Gasteiger partial charge in [-0.2, -0.15) is 4.73 Å². The van der Waals surface area contributed by atoms with Crippen LogP contribution in [0.1, 0.15) is 26.6 Å². The Morgan fingerprint density at radius 2 is 1.87 bits per heavy atom. The van der Waals surface area contributed by atoms with Crippen molar-refractivity contribution < 1.29 is 9.12 Å². The Morgan fingerprint density at radius 1 is 1.09 bits per heavy atom. The summed E-state index contributed by atoms with van der Waals surface area (Å²) in [4.78, 5) is 8.14. The predicted molar refractivity (Wildman–Crippen MR) is 88.7 cm³/mol. The fourth-order valence-electron chi connectivity index (χ4n) is 2.97. The van der Waals surface area contributed by atoms with Crippen LogP contribution in [0, 0.1) is 11.0 Å². The zero-order valence-corrected chi connectivity index (χ0v) is 13.1. The molecule has 2 aromatic heterocycles. The summed E-state index contributed by atoms with van der Waals surface area (Å²) in [5, 5.41) is 14.8. The third-order valence-corrected chi connectivity index (χ3v) is 4.15. The van der Waals surface area contributed by atoms with Crippen molar-refractivity contribution >= 4 is 32.6 Å². The highest BCUT2D eigenvalue weighted by Gasteiger charge is 2.21. The molecule has 0 unspecified atom stereocenters. The fourth-order valence-corrected chi connectivity index (χ4v) is 2.97. The molecule has 2 heterocycles. The van der Waals surface area contributed by atoms with Gasteiger partial charge in [0, 0.05) is 27.6 Å². The Hall–Kier alpha value is -2.69. The molecule has 0 saturated heterocycles. The minimum atomic E-state index is -0.328. The number of nitrogens with one attached hydrogen (secondary N) is 1. The van der Waals surface area contributed by atoms with Gasteiger partial charge in [0.2, 0.25) is 0 Å². The van der Waals surface area contributed by atoms with Crippen molar-refractivity contribution in [3.05, 3.63) is 53.5 Å². The van der Waals surface area contributed by atoms with Crippen LogP contribution < -0.4 is 4.73 Å². The molecule has 0 aliphatic carbocycles. The van der Waals surface area contributed by atoms with Crippen molar-refractivity contribution in [2.45, 2.75) is 26.2 Å². The summed E-state index contributed by atoms with van der Waals surface area (Å²) in [5.74, 6) is 0.538. The second-order valence-corrected chi connectivity index (χ2v) is 6.88. The van der Waals surface area contributed by atoms with E-state index in [0.717, 1.165) is 32.4 Å². The summed E-state index contributed by atoms with van der Waals surface area (Å²) in [7, 11) is 0. The summed E-state index contributed by atoms with van der Waals surface area (Å²) < 4.78 is 14.5. The number of pyridine rings is 1. The number of rotatable bonds is 0. The lowest BCUT2D eigenvalue weighted by Gasteiger charge is -2.13. The smallest absolute Gasteiger partial charge is 0.188 e. The first-order valence-electron chi connectivity index (χ1n) is 7.48. The maximum Gasteiger partial charge on any atom is 0.188 e. The van der Waals surface area contributed by atoms with Crippen LogP contribution in [0.25, 0.3) is 32.6 Å². The lowest BCUT2D eigenvalue weighted by atomic mass is 9.96. The third kappa shape index (κ3) is 2.04. The van der Waals surface area contributed by atoms with E-state index in [9.17, 15) is 9.60 Å². The Labute approximate surface area is 132 Å². The number of fused-ring (bicyclic) bond motifs is 6. The van der Waals surface area contributed by atoms with E-state index in [1.54, 1.807) is 12.1 Å². The van der Waals surface area contributed by atoms with Crippen LogP contribution in [0.2, 0.25) is 0 Å². The monoisotopic (exact) mass is 309 g/mol. The van der Waals surface area contributed by atoms with Crippen molar-refractivity contribution in [2.75, 3.05) is 0 Å². The quantitative estimate of drug-likeness (QED) is 0.304. The topological polar surface area (TPSA) is 55.6 Å². The highest BCUT2D eigenvalue weighted by atomic mass is 19.1. The second-order valence-electron chi connectivity index (χ2n) is 6.88. The Bertz CT molecular complexity index is 998. The summed E-state index contributed by atoms with van der Waals surface area (Å²) in [6, 6.07) is 6.36. The highest BCUT2D eigenvalue weighted by Crippen LogP contribution is 2.35. The molecule has 0 saturated carbocycles. The van der Waals surface area contributed by atoms with E-state index in [-0.39, 0.29) is 11.2 Å². The molecule has 0 aliphatic heterocycles. The van der Waals surface area contributed by atoms with Gasteiger partial charge in [-0.1, -0.05) is 20.8 Å². The number of H-pyrrole nitrogens is 1. The average molecular weight is 309 g/mol. The maximum absolute atomic E-state index is 13.7. The summed E-state index contributed by atoms with van der Waals surface area (Å²) in [6.45, 7) is 6.25. The van der Waals surface area contributed by atoms with E-state index in [0.29, 0.717) is 10.8 Å². The molecule has 4 aromatic rings. The van der Waals surface area contributed by atoms with Crippen molar-refractivity contribution in [1.82, 2.24) is 9.97 Å². The molecule has 0 spiro atoms. The first-order valence-corrected chi connectivity index (χ1v) is 7.48. The molecule has 0 amide bonds. The van der Waals surface area contributed by atoms with Gasteiger partial charge in [-0.3, -0.25) is 0 Å². The Balaban J connectivity index is 2.29. The number of nitrogens with zero attached hydrogens (tertiary/aromatic N) is 2. The van der Waals surface area contributed by atoms with E-state index in [1.165, 1.54) is 24.5 Å². The van der Waals surface area contributed by atoms with Crippen LogP contribution >= 0.6 is 0 Å². The van der Waals surface area contributed by atoms with Crippen LogP contribution in [0.4, 0.5) is 4.39 Å². The SMILES string of the molecule is CC(C)(C)c1nc2c3ccc(F)cc3c3c[n+]([O-])ccc3c2[nH]1. The molecule has 23 heavy (non-hydrogen) atoms. The minimum absolute atomic E-state index is 0.134. The number of aromatic nitrogens is 3. The fraction of sp³-hybridized carbons (Fsp3) is 0.222. The Kier molecular flexibility index (Phi) is 2.67. The summed E-state index contributed by atoms with van der Waals surface area (Å²) in [5.41, 5.74) is 1.55. The minimum Gasteiger partial charge on any atom is -0.619 e. The van der Waals surface area contributed by atoms with Crippen LogP contribution in [-0.2, 0) is 5.41 Å². The highest BCUT2D eigenvalue weighted by molar-refractivity contribution is 6.22. The zero-order chi connectivity index (χ0) is 16.4. The van der Waals surface area contributed by atoms with Crippen molar-refractivity contribution in [1.29, 1.82) is 0 Å². The largest absolute Gasteiger partial charge is 0.619 e. The van der Waals surface area contributed by atoms with E-state index < -0.39 is 0 Å². The van der Waals surface area contributed by atoms with Crippen LogP contribution in [-0.4, -0.2) is 9.97 Å². The van der Waals surface area contributed by atoms with Crippen LogP contribution in [0.5, 0.6) is 0 Å². The van der Waals surface area contributed by atoms with Gasteiger partial charge in [0.15, 0.2) is 12.4 Å². The molecule has 0 radical (unpaired) electrons. The van der Waals surface area contributed by atoms with Gasteiger partial charge in [0.1, 0.15) is 11.6 Å². The van der Waals surface area contributed by atoms with Gasteiger partial charge in [0.05, 0.1) is 16.4 Å². The van der Waals surface area contributed by atoms with Gasteiger partial charge < -0.3 is 10.2 Å². The molecular formula is C18H16FN3O. The zero-order valence-electron chi connectivity index (χ0n) is 13.1. The average Bonchev–Trinajstić information content (AvgIpc) is 2.92. The molecule has 4 nitrogen and oxygen atoms in total. The van der Waals surface area contributed by atoms with E-state index in [4.69, 9.17) is 4.98 Å². The number of aromatic amines is 1. The number of hydrogen-bond donors (Lipinski definition) is 1. The normalized spacial score (nSPS) is 12.5. The lowest BCUT2D eigenvalue weighted by molar-refractivity contribution is -0.603. The summed E-state index contributed by atoms with van der Waals surface area (Å²) in [6.07, 6.45) is 2.93. The molecule has 0 atom stereocenters. The van der Waals surface area contributed by atoms with Gasteiger partial charge in [0.25, 0.3) is 0 Å². The predicted octanol–water partition coefficient (Wildman–Crippen LogP) is 3.94. The van der Waals surface area contributed by atoms with Crippen LogP contribution in [0.15, 0.2) is 36.7 Å². The van der Waals surface area contributed by atoms with E-state index in [2.05, 4.69) is 25.8 Å². The first kappa shape index (κ1) is 13.9. The van der Waals surface area contributed by atoms with Gasteiger partial charge in [-0.05, 0) is 18.2 Å². The molecule has 2 aromatic carbocycles. The van der Waals surface area contributed by atoms with Crippen molar-refractivity contribution in [2.24, 2.45) is 0 Å². The van der Waals surface area contributed by atoms with Gasteiger partial charge >= 0.3 is 0 Å². The third-order valence-electron chi connectivity index (χ3n) is 4.15. The molecular weight excluding hydrogens is 293 g/mol. The molecule has 0 fully saturated rings.